The van der Waals surface area contributed by atoms with E-state index in [1.165, 1.54) is 4.88 Å². The van der Waals surface area contributed by atoms with Gasteiger partial charge in [0.2, 0.25) is 5.79 Å². The van der Waals surface area contributed by atoms with Crippen LogP contribution in [0.3, 0.4) is 0 Å². The van der Waals surface area contributed by atoms with E-state index in [1.807, 2.05) is 0 Å². The fourth-order valence-corrected chi connectivity index (χ4v) is 5.83. The second-order valence-electron chi connectivity index (χ2n) is 6.42. The molecule has 0 aliphatic carbocycles. The molecule has 2 aliphatic heterocycles. The van der Waals surface area contributed by atoms with E-state index < -0.39 is 11.4 Å². The zero-order valence-electron chi connectivity index (χ0n) is 13.0. The van der Waals surface area contributed by atoms with Crippen molar-refractivity contribution in [3.05, 3.63) is 57.1 Å². The van der Waals surface area contributed by atoms with E-state index in [2.05, 4.69) is 62.4 Å². The molecular weight excluding hydrogens is 312 g/mol. The lowest BCUT2D eigenvalue weighted by atomic mass is 9.69. The van der Waals surface area contributed by atoms with Crippen molar-refractivity contribution in [1.82, 2.24) is 0 Å². The molecular formula is C18H20O2S2. The summed E-state index contributed by atoms with van der Waals surface area (Å²) in [5, 5.41) is 4.18. The Kier molecular flexibility index (Phi) is 3.09. The smallest absolute Gasteiger partial charge is 0.250 e. The molecule has 4 rings (SSSR count). The second kappa shape index (κ2) is 4.70. The van der Waals surface area contributed by atoms with Crippen LogP contribution in [0.15, 0.2) is 47.4 Å². The summed E-state index contributed by atoms with van der Waals surface area (Å²) >= 11 is 3.42. The first-order valence-corrected chi connectivity index (χ1v) is 9.45. The average Bonchev–Trinajstić information content (AvgIpc) is 3.23. The highest BCUT2D eigenvalue weighted by atomic mass is 32.1. The molecule has 2 fully saturated rings. The molecule has 0 N–H and O–H groups in total. The van der Waals surface area contributed by atoms with Gasteiger partial charge in [-0.2, -0.15) is 0 Å². The Morgan fingerprint density at radius 1 is 1.00 bits per heavy atom. The van der Waals surface area contributed by atoms with Crippen LogP contribution in [0.4, 0.5) is 0 Å². The third kappa shape index (κ3) is 1.58. The molecule has 0 radical (unpaired) electrons. The average molecular weight is 332 g/mol. The summed E-state index contributed by atoms with van der Waals surface area (Å²) < 4.78 is 13.2. The zero-order valence-corrected chi connectivity index (χ0v) is 14.7. The van der Waals surface area contributed by atoms with Crippen LogP contribution < -0.4 is 0 Å². The summed E-state index contributed by atoms with van der Waals surface area (Å²) in [6.07, 6.45) is 0. The van der Waals surface area contributed by atoms with Gasteiger partial charge in [0.25, 0.3) is 0 Å². The van der Waals surface area contributed by atoms with Gasteiger partial charge >= 0.3 is 0 Å². The molecule has 5 atom stereocenters. The van der Waals surface area contributed by atoms with Crippen molar-refractivity contribution in [2.45, 2.75) is 32.2 Å². The standard InChI is InChI=1S/C18H20O2S2/c1-11-12(2)17(15-7-5-9-21-15)14(4)19-18(20-17,13(11)3)16-8-6-10-22-16/h5-13H,4H2,1-3H3/t11-,12-,13+,17+,18+/m1/s1. The molecule has 0 saturated carbocycles. The lowest BCUT2D eigenvalue weighted by molar-refractivity contribution is -0.280. The molecule has 2 saturated heterocycles. The third-order valence-electron chi connectivity index (χ3n) is 5.57. The molecule has 0 aromatic carbocycles. The first-order valence-electron chi connectivity index (χ1n) is 7.69. The van der Waals surface area contributed by atoms with Gasteiger partial charge in [0.05, 0.1) is 4.88 Å². The maximum Gasteiger partial charge on any atom is 0.250 e. The maximum absolute atomic E-state index is 6.77. The highest BCUT2D eigenvalue weighted by Gasteiger charge is 2.67. The van der Waals surface area contributed by atoms with Crippen LogP contribution >= 0.6 is 22.7 Å². The Bertz CT molecular complexity index is 691. The Balaban J connectivity index is 1.93. The van der Waals surface area contributed by atoms with E-state index in [0.29, 0.717) is 11.8 Å². The fourth-order valence-electron chi connectivity index (χ4n) is 3.96. The number of rotatable bonds is 2. The Morgan fingerprint density at radius 2 is 1.64 bits per heavy atom. The summed E-state index contributed by atoms with van der Waals surface area (Å²) in [6.45, 7) is 11.1. The van der Waals surface area contributed by atoms with Crippen molar-refractivity contribution < 1.29 is 9.47 Å². The van der Waals surface area contributed by atoms with Gasteiger partial charge in [-0.1, -0.05) is 39.5 Å². The minimum Gasteiger partial charge on any atom is -0.458 e. The van der Waals surface area contributed by atoms with Crippen LogP contribution in [0.5, 0.6) is 0 Å². The van der Waals surface area contributed by atoms with Gasteiger partial charge in [0.15, 0.2) is 5.60 Å². The predicted octanol–water partition coefficient (Wildman–Crippen LogP) is 5.34. The quantitative estimate of drug-likeness (QED) is 0.739. The normalized spacial score (nSPS) is 40.7. The summed E-state index contributed by atoms with van der Waals surface area (Å²) in [5.41, 5.74) is -0.524. The SMILES string of the molecule is C=C1O[C@]2(c3cccs3)O[C@@]1(c1cccs1)[C@H](C)[C@@H](C)[C@@H]2C. The number of thiophene rings is 2. The number of hydrogen-bond acceptors (Lipinski definition) is 4. The van der Waals surface area contributed by atoms with Crippen LogP contribution in [0, 0.1) is 17.8 Å². The largest absolute Gasteiger partial charge is 0.458 e. The Labute approximate surface area is 139 Å². The maximum atomic E-state index is 6.77. The van der Waals surface area contributed by atoms with Crippen molar-refractivity contribution in [3.63, 3.8) is 0 Å². The molecule has 2 aromatic rings. The molecule has 2 bridgehead atoms. The minimum atomic E-state index is -0.693. The Hall–Kier alpha value is -1.10. The first-order chi connectivity index (χ1) is 10.5. The van der Waals surface area contributed by atoms with Gasteiger partial charge < -0.3 is 9.47 Å². The van der Waals surface area contributed by atoms with Gasteiger partial charge in [-0.05, 0) is 28.8 Å². The lowest BCUT2D eigenvalue weighted by Crippen LogP contribution is -2.51. The zero-order chi connectivity index (χ0) is 15.5. The van der Waals surface area contributed by atoms with E-state index in [1.54, 1.807) is 22.7 Å². The molecule has 4 heteroatoms. The summed E-state index contributed by atoms with van der Waals surface area (Å²) in [5.74, 6) is 1.13. The Morgan fingerprint density at radius 3 is 2.23 bits per heavy atom. The molecule has 2 nitrogen and oxygen atoms in total. The molecule has 4 heterocycles. The van der Waals surface area contributed by atoms with Crippen LogP contribution in [-0.4, -0.2) is 0 Å². The highest BCUT2D eigenvalue weighted by Crippen LogP contribution is 2.65. The highest BCUT2D eigenvalue weighted by molar-refractivity contribution is 7.10. The monoisotopic (exact) mass is 332 g/mol. The van der Waals surface area contributed by atoms with Gasteiger partial charge in [-0.25, -0.2) is 0 Å². The predicted molar refractivity (Wildman–Crippen MR) is 90.8 cm³/mol. The summed E-state index contributed by atoms with van der Waals surface area (Å²) in [7, 11) is 0. The molecule has 2 aromatic heterocycles. The number of ether oxygens (including phenoxy) is 2. The summed E-state index contributed by atoms with van der Waals surface area (Å²) in [4.78, 5) is 2.33. The minimum absolute atomic E-state index is 0.272. The van der Waals surface area contributed by atoms with Crippen molar-refractivity contribution in [2.24, 2.45) is 17.8 Å². The van der Waals surface area contributed by atoms with E-state index in [9.17, 15) is 0 Å². The van der Waals surface area contributed by atoms with Crippen molar-refractivity contribution in [1.29, 1.82) is 0 Å². The van der Waals surface area contributed by atoms with Crippen molar-refractivity contribution in [3.8, 4) is 0 Å². The topological polar surface area (TPSA) is 18.5 Å². The lowest BCUT2D eigenvalue weighted by Gasteiger charge is -2.47. The van der Waals surface area contributed by atoms with Crippen LogP contribution in [0.2, 0.25) is 0 Å². The van der Waals surface area contributed by atoms with E-state index in [-0.39, 0.29) is 5.92 Å². The van der Waals surface area contributed by atoms with Crippen LogP contribution in [0.1, 0.15) is 30.5 Å². The number of fused-ring (bicyclic) bond motifs is 2. The number of hydrogen-bond donors (Lipinski definition) is 0. The van der Waals surface area contributed by atoms with Crippen molar-refractivity contribution >= 4 is 22.7 Å². The molecule has 0 spiro atoms. The molecule has 22 heavy (non-hydrogen) atoms. The van der Waals surface area contributed by atoms with Gasteiger partial charge in [-0.15, -0.1) is 22.7 Å². The van der Waals surface area contributed by atoms with Crippen LogP contribution in [0.25, 0.3) is 0 Å². The first kappa shape index (κ1) is 14.5. The van der Waals surface area contributed by atoms with Gasteiger partial charge in [0.1, 0.15) is 5.76 Å². The van der Waals surface area contributed by atoms with E-state index in [0.717, 1.165) is 10.6 Å². The fraction of sp³-hybridized carbons (Fsp3) is 0.444. The second-order valence-corrected chi connectivity index (χ2v) is 8.32. The third-order valence-corrected chi connectivity index (χ3v) is 7.53. The molecule has 2 aliphatic rings. The van der Waals surface area contributed by atoms with Gasteiger partial charge in [-0.3, -0.25) is 0 Å². The van der Waals surface area contributed by atoms with Gasteiger partial charge in [0, 0.05) is 16.7 Å². The molecule has 0 unspecified atom stereocenters. The molecule has 0 amide bonds. The molecule has 116 valence electrons. The van der Waals surface area contributed by atoms with E-state index in [4.69, 9.17) is 9.47 Å². The van der Waals surface area contributed by atoms with Crippen LogP contribution in [-0.2, 0) is 20.9 Å². The van der Waals surface area contributed by atoms with Crippen molar-refractivity contribution in [2.75, 3.05) is 0 Å². The summed E-state index contributed by atoms with van der Waals surface area (Å²) in [6, 6.07) is 8.39. The van der Waals surface area contributed by atoms with E-state index >= 15 is 0 Å².